The number of nitrogens with two attached hydrogens (primary N) is 2. The van der Waals surface area contributed by atoms with Crippen molar-refractivity contribution >= 4 is 35.7 Å². The van der Waals surface area contributed by atoms with Crippen LogP contribution >= 0.6 is 0 Å². The number of hydrogen-bond acceptors (Lipinski definition) is 11. The second kappa shape index (κ2) is 26.0. The Hall–Kier alpha value is -4.48. The summed E-state index contributed by atoms with van der Waals surface area (Å²) in [5.74, 6) is -3.72. The van der Waals surface area contributed by atoms with E-state index in [4.69, 9.17) is 16.2 Å². The number of nitrogens with one attached hydrogen (secondary N) is 5. The Morgan fingerprint density at radius 1 is 0.850 bits per heavy atom. The second-order valence-corrected chi connectivity index (χ2v) is 17.4. The first-order valence-electron chi connectivity index (χ1n) is 21.6. The number of alkyl carbamates (subject to hydrolysis) is 1. The van der Waals surface area contributed by atoms with Gasteiger partial charge in [-0.15, -0.1) is 0 Å². The molecular weight excluding hydrogens is 773 g/mol. The Kier molecular flexibility index (Phi) is 22.4. The van der Waals surface area contributed by atoms with Crippen LogP contribution in [0.1, 0.15) is 118 Å². The number of nitrogens with zero attached hydrogens (tertiary/aromatic N) is 1. The molecule has 1 aliphatic rings. The Labute approximate surface area is 356 Å². The van der Waals surface area contributed by atoms with Gasteiger partial charge in [0.1, 0.15) is 35.5 Å². The van der Waals surface area contributed by atoms with Crippen LogP contribution in [0, 0.1) is 11.8 Å². The van der Waals surface area contributed by atoms with Crippen molar-refractivity contribution in [2.75, 3.05) is 26.2 Å². The van der Waals surface area contributed by atoms with E-state index in [2.05, 4.69) is 26.6 Å². The van der Waals surface area contributed by atoms with E-state index in [-0.39, 0.29) is 43.0 Å². The third-order valence-corrected chi connectivity index (χ3v) is 10.5. The molecule has 0 radical (unpaired) electrons. The summed E-state index contributed by atoms with van der Waals surface area (Å²) < 4.78 is 5.49. The molecule has 0 saturated carbocycles. The van der Waals surface area contributed by atoms with Crippen LogP contribution in [0.4, 0.5) is 4.79 Å². The molecule has 2 rings (SSSR count). The Balaban J connectivity index is 2.36. The minimum atomic E-state index is -1.20. The van der Waals surface area contributed by atoms with Crippen molar-refractivity contribution in [2.24, 2.45) is 23.3 Å². The molecule has 5 amide bonds. The normalized spacial score (nSPS) is 17.2. The van der Waals surface area contributed by atoms with Crippen molar-refractivity contribution in [3.05, 3.63) is 29.8 Å². The molecule has 1 fully saturated rings. The van der Waals surface area contributed by atoms with Crippen molar-refractivity contribution < 1.29 is 43.7 Å². The van der Waals surface area contributed by atoms with Gasteiger partial charge in [-0.3, -0.25) is 19.2 Å². The fraction of sp³-hybridized carbons (Fsp3) is 0.721. The lowest BCUT2D eigenvalue weighted by Gasteiger charge is -2.32. The maximum atomic E-state index is 14.3. The van der Waals surface area contributed by atoms with Gasteiger partial charge in [0.25, 0.3) is 0 Å². The van der Waals surface area contributed by atoms with E-state index < -0.39 is 71.5 Å². The van der Waals surface area contributed by atoms with Crippen molar-refractivity contribution in [2.45, 2.75) is 161 Å². The zero-order valence-electron chi connectivity index (χ0n) is 36.9. The Morgan fingerprint density at radius 2 is 1.48 bits per heavy atom. The maximum Gasteiger partial charge on any atom is 0.407 e. The third kappa shape index (κ3) is 18.4. The van der Waals surface area contributed by atoms with E-state index in [0.29, 0.717) is 70.1 Å². The molecule has 1 aromatic carbocycles. The van der Waals surface area contributed by atoms with Crippen LogP contribution in [0.2, 0.25) is 0 Å². The van der Waals surface area contributed by atoms with Crippen LogP contribution in [-0.2, 0) is 35.1 Å². The molecule has 0 bridgehead atoms. The SMILES string of the molecule is CC[C@H](C)[C@H](NC(=O)[C@H](Cc1ccc(O)cc1)NC(=O)[C@@H]1CCCN1C(=O)[C@H](CCCCN)NC[C@H](CCCCN)NC(=O)OC(C)(C)C)C(=O)N[C@@H](CC(C)C)C(=O)O. The number of likely N-dealkylation sites (tertiary alicyclic amines) is 1. The predicted molar refractivity (Wildman–Crippen MR) is 230 cm³/mol. The van der Waals surface area contributed by atoms with Gasteiger partial charge in [0.15, 0.2) is 0 Å². The number of aliphatic carboxylic acids is 1. The lowest BCUT2D eigenvalue weighted by Crippen LogP contribution is -2.60. The van der Waals surface area contributed by atoms with E-state index >= 15 is 0 Å². The van der Waals surface area contributed by atoms with Gasteiger partial charge < -0.3 is 57.9 Å². The average molecular weight is 847 g/mol. The largest absolute Gasteiger partial charge is 0.508 e. The smallest absolute Gasteiger partial charge is 0.407 e. The number of unbranched alkanes of at least 4 members (excludes halogenated alkanes) is 2. The summed E-state index contributed by atoms with van der Waals surface area (Å²) >= 11 is 0. The second-order valence-electron chi connectivity index (χ2n) is 17.4. The number of carbonyl (C=O) groups is 6. The van der Waals surface area contributed by atoms with Crippen LogP contribution in [0.3, 0.4) is 0 Å². The van der Waals surface area contributed by atoms with Gasteiger partial charge in [-0.05, 0) is 108 Å². The molecule has 1 heterocycles. The van der Waals surface area contributed by atoms with Gasteiger partial charge in [-0.25, -0.2) is 9.59 Å². The van der Waals surface area contributed by atoms with Crippen molar-refractivity contribution in [3.63, 3.8) is 0 Å². The van der Waals surface area contributed by atoms with Gasteiger partial charge in [-0.1, -0.05) is 59.1 Å². The lowest BCUT2D eigenvalue weighted by molar-refractivity contribution is -0.143. The molecule has 340 valence electrons. The molecule has 0 unspecified atom stereocenters. The molecule has 1 aromatic rings. The summed E-state index contributed by atoms with van der Waals surface area (Å²) in [5, 5.41) is 34.2. The van der Waals surface area contributed by atoms with E-state index in [1.54, 1.807) is 39.8 Å². The number of hydrogen-bond donors (Lipinski definition) is 9. The highest BCUT2D eigenvalue weighted by Crippen LogP contribution is 2.22. The minimum absolute atomic E-state index is 0.00206. The number of carboxylic acid groups (broad SMARTS) is 1. The van der Waals surface area contributed by atoms with E-state index in [1.807, 2.05) is 20.8 Å². The first-order chi connectivity index (χ1) is 28.3. The van der Waals surface area contributed by atoms with Crippen molar-refractivity contribution in [1.29, 1.82) is 0 Å². The fourth-order valence-corrected chi connectivity index (χ4v) is 7.08. The van der Waals surface area contributed by atoms with Crippen LogP contribution in [0.5, 0.6) is 5.75 Å². The number of rotatable bonds is 26. The third-order valence-electron chi connectivity index (χ3n) is 10.5. The van der Waals surface area contributed by atoms with Crippen LogP contribution in [-0.4, -0.2) is 119 Å². The molecule has 17 heteroatoms. The molecule has 11 N–H and O–H groups in total. The highest BCUT2D eigenvalue weighted by Gasteiger charge is 2.39. The number of amides is 5. The molecule has 1 aliphatic heterocycles. The molecular formula is C43H74N8O9. The van der Waals surface area contributed by atoms with E-state index in [0.717, 1.165) is 12.8 Å². The zero-order valence-corrected chi connectivity index (χ0v) is 36.9. The highest BCUT2D eigenvalue weighted by atomic mass is 16.6. The van der Waals surface area contributed by atoms with E-state index in [9.17, 15) is 39.0 Å². The molecule has 0 aliphatic carbocycles. The number of phenolic OH excluding ortho intramolecular Hbond substituents is 1. The van der Waals surface area contributed by atoms with Crippen molar-refractivity contribution in [1.82, 2.24) is 31.5 Å². The quantitative estimate of drug-likeness (QED) is 0.0610. The van der Waals surface area contributed by atoms with Crippen LogP contribution < -0.4 is 38.1 Å². The van der Waals surface area contributed by atoms with Crippen molar-refractivity contribution in [3.8, 4) is 5.75 Å². The van der Waals surface area contributed by atoms with Gasteiger partial charge >= 0.3 is 12.1 Å². The van der Waals surface area contributed by atoms with Crippen LogP contribution in [0.25, 0.3) is 0 Å². The van der Waals surface area contributed by atoms with Gasteiger partial charge in [0.05, 0.1) is 6.04 Å². The number of carbonyl (C=O) groups excluding carboxylic acids is 5. The summed E-state index contributed by atoms with van der Waals surface area (Å²) in [7, 11) is 0. The molecule has 0 spiro atoms. The van der Waals surface area contributed by atoms with Crippen LogP contribution in [0.15, 0.2) is 24.3 Å². The summed E-state index contributed by atoms with van der Waals surface area (Å²) in [6.07, 6.45) is 4.90. The lowest BCUT2D eigenvalue weighted by atomic mass is 9.96. The number of carboxylic acids is 1. The molecule has 60 heavy (non-hydrogen) atoms. The minimum Gasteiger partial charge on any atom is -0.508 e. The topological polar surface area (TPSA) is 268 Å². The fourth-order valence-electron chi connectivity index (χ4n) is 7.08. The predicted octanol–water partition coefficient (Wildman–Crippen LogP) is 2.67. The van der Waals surface area contributed by atoms with Gasteiger partial charge in [0, 0.05) is 25.6 Å². The molecule has 1 saturated heterocycles. The molecule has 0 aromatic heterocycles. The first kappa shape index (κ1) is 51.7. The average Bonchev–Trinajstić information content (AvgIpc) is 3.67. The van der Waals surface area contributed by atoms with Gasteiger partial charge in [-0.2, -0.15) is 0 Å². The molecule has 17 nitrogen and oxygen atoms in total. The molecule has 7 atom stereocenters. The summed E-state index contributed by atoms with van der Waals surface area (Å²) in [6, 6.07) is 0.748. The monoisotopic (exact) mass is 847 g/mol. The number of benzene rings is 1. The standard InChI is InChI=1S/C43H74N8O9/c1-8-28(4)36(39(55)49-34(41(57)58)24-27(2)3)50-37(53)33(25-29-17-19-31(52)20-18-29)48-38(54)35-16-13-23-51(35)40(56)32(15-10-12-22-45)46-26-30(14-9-11-21-44)47-42(59)60-43(5,6)7/h17-20,27-28,30,32-36,46,52H,8-16,21-26,44-45H2,1-7H3,(H,47,59)(H,48,54)(H,49,55)(H,50,53)(H,57,58)/t28-,30-,32-,33-,34-,35-,36-/m0/s1. The first-order valence-corrected chi connectivity index (χ1v) is 21.6. The van der Waals surface area contributed by atoms with E-state index in [1.165, 1.54) is 17.0 Å². The number of aromatic hydroxyl groups is 1. The Bertz CT molecular complexity index is 1520. The highest BCUT2D eigenvalue weighted by molar-refractivity contribution is 5.96. The summed E-state index contributed by atoms with van der Waals surface area (Å²) in [4.78, 5) is 82.5. The number of ether oxygens (including phenoxy) is 1. The summed E-state index contributed by atoms with van der Waals surface area (Å²) in [5.41, 5.74) is 11.4. The Morgan fingerprint density at radius 3 is 2.05 bits per heavy atom. The summed E-state index contributed by atoms with van der Waals surface area (Å²) in [6.45, 7) is 14.2. The number of phenols is 1. The van der Waals surface area contributed by atoms with Gasteiger partial charge in [0.2, 0.25) is 23.6 Å². The zero-order chi connectivity index (χ0) is 45.0. The maximum absolute atomic E-state index is 14.3.